The molecule has 0 amide bonds. The summed E-state index contributed by atoms with van der Waals surface area (Å²) in [5.74, 6) is -3.17. The Morgan fingerprint density at radius 2 is 1.67 bits per heavy atom. The predicted octanol–water partition coefficient (Wildman–Crippen LogP) is 3.70. The summed E-state index contributed by atoms with van der Waals surface area (Å²) in [6.45, 7) is 10.5. The maximum Gasteiger partial charge on any atom is 0.459 e. The molecular weight excluding hydrogens is 659 g/mol. The van der Waals surface area contributed by atoms with E-state index in [1.165, 1.54) is 36.0 Å². The molecule has 0 unspecified atom stereocenters. The molecule has 1 fully saturated rings. The Labute approximate surface area is 283 Å². The Kier molecular flexibility index (Phi) is 11.7. The first-order valence-electron chi connectivity index (χ1n) is 15.7. The molecule has 6 atom stereocenters. The van der Waals surface area contributed by atoms with Crippen molar-refractivity contribution in [1.82, 2.24) is 19.7 Å². The second-order valence-electron chi connectivity index (χ2n) is 12.3. The Balaban J connectivity index is 1.79. The van der Waals surface area contributed by atoms with E-state index in [0.29, 0.717) is 5.52 Å². The van der Waals surface area contributed by atoms with E-state index in [9.17, 15) is 24.2 Å². The summed E-state index contributed by atoms with van der Waals surface area (Å²) in [5.41, 5.74) is 4.31. The number of aromatic nitrogens is 3. The first-order valence-corrected chi connectivity index (χ1v) is 17.2. The lowest BCUT2D eigenvalue weighted by atomic mass is 9.92. The maximum atomic E-state index is 14.3. The predicted molar refractivity (Wildman–Crippen MR) is 173 cm³/mol. The molecule has 2 aromatic heterocycles. The van der Waals surface area contributed by atoms with Crippen molar-refractivity contribution in [2.45, 2.75) is 84.5 Å². The zero-order valence-corrected chi connectivity index (χ0v) is 29.2. The van der Waals surface area contributed by atoms with Gasteiger partial charge < -0.3 is 29.2 Å². The molecule has 4 rings (SSSR count). The standard InChI is InChI=1S/C32H41N6O10P/c1-18(2)29(39)45-26-24(15-43-49(42,48-22-11-9-8-10-12-22)37-21(7)31(41)44-20(5)6)47-32(16-33,27(26)46-30(40)19(3)4)25-14-13-23-28(34)35-17-36-38(23)25/h8-14,17-21,24,26-27H,15H2,1-7H3,(H,37,42)(H2,34,35,36)/t21-,24+,26+,27+,32-,49-/m0/s1. The topological polar surface area (TPSA) is 216 Å². The zero-order chi connectivity index (χ0) is 36.1. The number of nitrogen functional groups attached to an aromatic ring is 1. The van der Waals surface area contributed by atoms with Gasteiger partial charge >= 0.3 is 25.7 Å². The van der Waals surface area contributed by atoms with Crippen LogP contribution in [0.2, 0.25) is 0 Å². The molecule has 264 valence electrons. The van der Waals surface area contributed by atoms with E-state index < -0.39 is 80.2 Å². The van der Waals surface area contributed by atoms with Crippen molar-refractivity contribution < 1.29 is 46.9 Å². The molecule has 1 saturated heterocycles. The molecule has 3 aromatic rings. The zero-order valence-electron chi connectivity index (χ0n) is 28.3. The van der Waals surface area contributed by atoms with Gasteiger partial charge in [0.1, 0.15) is 35.8 Å². The van der Waals surface area contributed by atoms with Gasteiger partial charge in [0.15, 0.2) is 18.0 Å². The van der Waals surface area contributed by atoms with Crippen LogP contribution in [0.3, 0.4) is 0 Å². The maximum absolute atomic E-state index is 14.3. The minimum atomic E-state index is -4.45. The van der Waals surface area contributed by atoms with Crippen molar-refractivity contribution in [2.75, 3.05) is 12.3 Å². The Hall–Kier alpha value is -4.55. The number of nitrogens with zero attached hydrogens (tertiary/aromatic N) is 4. The van der Waals surface area contributed by atoms with Gasteiger partial charge in [-0.3, -0.25) is 18.9 Å². The largest absolute Gasteiger partial charge is 0.462 e. The second kappa shape index (κ2) is 15.3. The van der Waals surface area contributed by atoms with Gasteiger partial charge in [-0.1, -0.05) is 45.9 Å². The molecule has 49 heavy (non-hydrogen) atoms. The van der Waals surface area contributed by atoms with E-state index in [-0.39, 0.29) is 17.3 Å². The van der Waals surface area contributed by atoms with E-state index in [2.05, 4.69) is 21.2 Å². The number of carbonyl (C=O) groups excluding carboxylic acids is 3. The SMILES string of the molecule is CC(C)OC(=O)[C@H](C)N[P@](=O)(OC[C@H]1O[C@@](C#N)(c2ccc3c(N)ncnn23)[C@H](OC(=O)C(C)C)[C@@H]1OC(=O)C(C)C)Oc1ccccc1. The van der Waals surface area contributed by atoms with E-state index in [0.717, 1.165) is 0 Å². The molecule has 0 bridgehead atoms. The molecule has 1 aromatic carbocycles. The molecule has 1 aliphatic rings. The van der Waals surface area contributed by atoms with Crippen LogP contribution in [-0.2, 0) is 48.0 Å². The van der Waals surface area contributed by atoms with Crippen molar-refractivity contribution in [3.63, 3.8) is 0 Å². The van der Waals surface area contributed by atoms with Crippen LogP contribution in [0.4, 0.5) is 5.82 Å². The quantitative estimate of drug-likeness (QED) is 0.139. The molecule has 16 nitrogen and oxygen atoms in total. The number of carbonyl (C=O) groups is 3. The second-order valence-corrected chi connectivity index (χ2v) is 14.0. The summed E-state index contributed by atoms with van der Waals surface area (Å²) in [7, 11) is -4.45. The van der Waals surface area contributed by atoms with Gasteiger partial charge in [0.2, 0.25) is 5.60 Å². The Bertz CT molecular complexity index is 1740. The van der Waals surface area contributed by atoms with E-state index in [4.69, 9.17) is 33.7 Å². The van der Waals surface area contributed by atoms with Crippen LogP contribution in [0, 0.1) is 23.2 Å². The lowest BCUT2D eigenvalue weighted by Gasteiger charge is -2.29. The van der Waals surface area contributed by atoms with E-state index >= 15 is 0 Å². The van der Waals surface area contributed by atoms with Crippen LogP contribution in [0.15, 0.2) is 48.8 Å². The highest BCUT2D eigenvalue weighted by Crippen LogP contribution is 2.48. The number of anilines is 1. The van der Waals surface area contributed by atoms with Crippen molar-refractivity contribution in [3.05, 3.63) is 54.5 Å². The number of fused-ring (bicyclic) bond motifs is 1. The third kappa shape index (κ3) is 8.37. The van der Waals surface area contributed by atoms with Crippen molar-refractivity contribution >= 4 is 37.0 Å². The summed E-state index contributed by atoms with van der Waals surface area (Å²) in [4.78, 5) is 42.8. The first kappa shape index (κ1) is 37.3. The summed E-state index contributed by atoms with van der Waals surface area (Å²) in [6.07, 6.45) is -3.70. The normalized spacial score (nSPS) is 22.4. The third-order valence-corrected chi connectivity index (χ3v) is 8.95. The minimum absolute atomic E-state index is 0.0839. The number of ether oxygens (including phenoxy) is 4. The fraction of sp³-hybridized carbons (Fsp3) is 0.500. The smallest absolute Gasteiger partial charge is 0.459 e. The van der Waals surface area contributed by atoms with Crippen LogP contribution in [0.5, 0.6) is 5.75 Å². The van der Waals surface area contributed by atoms with Gasteiger partial charge in [-0.15, -0.1) is 0 Å². The van der Waals surface area contributed by atoms with Gasteiger partial charge in [-0.25, -0.2) is 14.1 Å². The molecule has 1 aliphatic heterocycles. The van der Waals surface area contributed by atoms with E-state index in [1.807, 2.05) is 0 Å². The molecule has 3 N–H and O–H groups in total. The average Bonchev–Trinajstić information content (AvgIpc) is 3.61. The van der Waals surface area contributed by atoms with Crippen molar-refractivity contribution in [1.29, 1.82) is 5.26 Å². The van der Waals surface area contributed by atoms with Gasteiger partial charge in [0.05, 0.1) is 30.2 Å². The van der Waals surface area contributed by atoms with Crippen LogP contribution < -0.4 is 15.3 Å². The fourth-order valence-corrected chi connectivity index (χ4v) is 6.34. The number of esters is 3. The van der Waals surface area contributed by atoms with Gasteiger partial charge in [0.25, 0.3) is 0 Å². The van der Waals surface area contributed by atoms with Gasteiger partial charge in [-0.2, -0.15) is 15.4 Å². The average molecular weight is 701 g/mol. The van der Waals surface area contributed by atoms with Crippen molar-refractivity contribution in [2.24, 2.45) is 11.8 Å². The highest BCUT2D eigenvalue weighted by atomic mass is 31.2. The monoisotopic (exact) mass is 700 g/mol. The molecule has 0 aliphatic carbocycles. The number of hydrogen-bond acceptors (Lipinski definition) is 14. The van der Waals surface area contributed by atoms with E-state index in [1.54, 1.807) is 65.8 Å². The molecule has 0 radical (unpaired) electrons. The summed E-state index contributed by atoms with van der Waals surface area (Å²) in [6, 6.07) is 12.1. The van der Waals surface area contributed by atoms with Crippen LogP contribution in [0.1, 0.15) is 54.2 Å². The van der Waals surface area contributed by atoms with Crippen LogP contribution >= 0.6 is 7.75 Å². The lowest BCUT2D eigenvalue weighted by molar-refractivity contribution is -0.173. The first-order chi connectivity index (χ1) is 23.1. The third-order valence-electron chi connectivity index (χ3n) is 7.30. The summed E-state index contributed by atoms with van der Waals surface area (Å²) >= 11 is 0. The molecular formula is C32H41N6O10P. The number of benzene rings is 1. The summed E-state index contributed by atoms with van der Waals surface area (Å²) in [5, 5.41) is 17.6. The fourth-order valence-electron chi connectivity index (χ4n) is 4.84. The molecule has 3 heterocycles. The van der Waals surface area contributed by atoms with Crippen LogP contribution in [-0.4, -0.2) is 69.6 Å². The Morgan fingerprint density at radius 3 is 2.29 bits per heavy atom. The number of rotatable bonds is 14. The highest BCUT2D eigenvalue weighted by Gasteiger charge is 2.63. The lowest BCUT2D eigenvalue weighted by Crippen LogP contribution is -2.47. The highest BCUT2D eigenvalue weighted by molar-refractivity contribution is 7.52. The molecule has 17 heteroatoms. The number of hydrogen-bond donors (Lipinski definition) is 2. The number of nitrogens with one attached hydrogen (secondary N) is 1. The summed E-state index contributed by atoms with van der Waals surface area (Å²) < 4.78 is 50.6. The number of nitriles is 1. The minimum Gasteiger partial charge on any atom is -0.462 e. The van der Waals surface area contributed by atoms with Crippen molar-refractivity contribution in [3.8, 4) is 11.8 Å². The number of para-hydroxylation sites is 1. The van der Waals surface area contributed by atoms with Gasteiger partial charge in [-0.05, 0) is 45.0 Å². The molecule has 0 saturated carbocycles. The molecule has 0 spiro atoms. The Morgan fingerprint density at radius 1 is 1.02 bits per heavy atom. The van der Waals surface area contributed by atoms with Crippen LogP contribution in [0.25, 0.3) is 5.52 Å². The number of nitrogens with two attached hydrogens (primary N) is 1. The van der Waals surface area contributed by atoms with Gasteiger partial charge in [0, 0.05) is 0 Å².